The Morgan fingerprint density at radius 1 is 0.474 bits per heavy atom. The molecule has 0 aliphatic heterocycles. The molecule has 178 valence electrons. The molecule has 8 rings (SSSR count). The van der Waals surface area contributed by atoms with Gasteiger partial charge in [-0.3, -0.25) is 4.57 Å². The lowest BCUT2D eigenvalue weighted by Gasteiger charge is -2.13. The van der Waals surface area contributed by atoms with Gasteiger partial charge in [0.1, 0.15) is 17.0 Å². The van der Waals surface area contributed by atoms with Gasteiger partial charge in [0.05, 0.1) is 16.7 Å². The summed E-state index contributed by atoms with van der Waals surface area (Å²) in [5.41, 5.74) is 8.38. The maximum absolute atomic E-state index is 6.25. The van der Waals surface area contributed by atoms with Crippen LogP contribution in [0, 0.1) is 0 Å². The maximum atomic E-state index is 6.25. The second kappa shape index (κ2) is 8.19. The number of nitrogens with zero attached hydrogens (tertiary/aromatic N) is 2. The minimum atomic E-state index is 0.892. The van der Waals surface area contributed by atoms with Gasteiger partial charge in [0.25, 0.3) is 0 Å². The Labute approximate surface area is 219 Å². The van der Waals surface area contributed by atoms with Gasteiger partial charge in [-0.15, -0.1) is 0 Å². The normalized spacial score (nSPS) is 11.7. The maximum Gasteiger partial charge on any atom is 0.138 e. The van der Waals surface area contributed by atoms with Crippen LogP contribution in [0.15, 0.2) is 138 Å². The number of hydrogen-bond donors (Lipinski definition) is 0. The Hall–Kier alpha value is -5.15. The lowest BCUT2D eigenvalue weighted by molar-refractivity contribution is 0.669. The number of para-hydroxylation sites is 2. The number of hydrogen-bond acceptors (Lipinski definition) is 2. The van der Waals surface area contributed by atoms with E-state index in [1.165, 1.54) is 10.8 Å². The summed E-state index contributed by atoms with van der Waals surface area (Å²) >= 11 is 0. The van der Waals surface area contributed by atoms with Gasteiger partial charge in [0, 0.05) is 27.1 Å². The minimum Gasteiger partial charge on any atom is -0.456 e. The zero-order valence-electron chi connectivity index (χ0n) is 20.5. The molecule has 0 spiro atoms. The zero-order valence-corrected chi connectivity index (χ0v) is 20.5. The zero-order chi connectivity index (χ0) is 25.1. The van der Waals surface area contributed by atoms with Crippen LogP contribution < -0.4 is 0 Å². The predicted molar refractivity (Wildman–Crippen MR) is 157 cm³/mol. The van der Waals surface area contributed by atoms with Crippen molar-refractivity contribution in [1.29, 1.82) is 0 Å². The highest BCUT2D eigenvalue weighted by Gasteiger charge is 2.19. The molecule has 3 nitrogen and oxygen atoms in total. The number of fused-ring (bicyclic) bond motifs is 7. The fraction of sp³-hybridized carbons (Fsp3) is 0. The molecule has 0 radical (unpaired) electrons. The van der Waals surface area contributed by atoms with Crippen molar-refractivity contribution in [1.82, 2.24) is 9.55 Å². The van der Waals surface area contributed by atoms with Crippen LogP contribution in [0.4, 0.5) is 0 Å². The first-order valence-corrected chi connectivity index (χ1v) is 12.8. The van der Waals surface area contributed by atoms with Crippen LogP contribution in [0.5, 0.6) is 0 Å². The van der Waals surface area contributed by atoms with E-state index in [0.717, 1.165) is 61.2 Å². The largest absolute Gasteiger partial charge is 0.456 e. The van der Waals surface area contributed by atoms with E-state index >= 15 is 0 Å². The van der Waals surface area contributed by atoms with Crippen LogP contribution in [-0.4, -0.2) is 9.55 Å². The van der Waals surface area contributed by atoms with Crippen LogP contribution in [0.25, 0.3) is 71.9 Å². The molecule has 0 atom stereocenters. The Morgan fingerprint density at radius 3 is 1.97 bits per heavy atom. The number of furan rings is 1. The highest BCUT2D eigenvalue weighted by Crippen LogP contribution is 2.41. The molecule has 0 unspecified atom stereocenters. The summed E-state index contributed by atoms with van der Waals surface area (Å²) in [5, 5.41) is 4.66. The van der Waals surface area contributed by atoms with Crippen molar-refractivity contribution in [2.75, 3.05) is 0 Å². The fourth-order valence-corrected chi connectivity index (χ4v) is 5.71. The van der Waals surface area contributed by atoms with Crippen LogP contribution in [-0.2, 0) is 0 Å². The van der Waals surface area contributed by atoms with E-state index in [9.17, 15) is 0 Å². The molecule has 0 fully saturated rings. The van der Waals surface area contributed by atoms with Gasteiger partial charge >= 0.3 is 0 Å². The number of aromatic nitrogens is 2. The van der Waals surface area contributed by atoms with Gasteiger partial charge in [-0.2, -0.15) is 0 Å². The standard InChI is InChI=1S/C35H22N2O/c1-3-11-23(12-4-1)25-21-28(24-13-5-2-6-14-24)36-33(22-25)37-29-17-9-7-15-26(29)34-30(37)19-20-32-35(34)27-16-8-10-18-31(27)38-32/h1-22H. The molecule has 0 bridgehead atoms. The number of rotatable bonds is 3. The molecule has 3 heterocycles. The van der Waals surface area contributed by atoms with Crippen molar-refractivity contribution >= 4 is 43.7 Å². The number of pyridine rings is 1. The molecule has 3 aromatic heterocycles. The summed E-state index contributed by atoms with van der Waals surface area (Å²) in [4.78, 5) is 5.24. The third-order valence-electron chi connectivity index (χ3n) is 7.39. The van der Waals surface area contributed by atoms with Gasteiger partial charge in [-0.25, -0.2) is 4.98 Å². The summed E-state index contributed by atoms with van der Waals surface area (Å²) < 4.78 is 8.55. The van der Waals surface area contributed by atoms with Gasteiger partial charge in [0.2, 0.25) is 0 Å². The van der Waals surface area contributed by atoms with Gasteiger partial charge in [-0.1, -0.05) is 97.1 Å². The highest BCUT2D eigenvalue weighted by atomic mass is 16.3. The molecule has 0 aliphatic carbocycles. The molecule has 5 aromatic carbocycles. The molecule has 0 saturated carbocycles. The van der Waals surface area contributed by atoms with Crippen LogP contribution in [0.3, 0.4) is 0 Å². The topological polar surface area (TPSA) is 31.0 Å². The molecular weight excluding hydrogens is 464 g/mol. The predicted octanol–water partition coefficient (Wildman–Crippen LogP) is 9.41. The lowest BCUT2D eigenvalue weighted by Crippen LogP contribution is -2.00. The van der Waals surface area contributed by atoms with Crippen LogP contribution in [0.1, 0.15) is 0 Å². The first kappa shape index (κ1) is 21.0. The summed E-state index contributed by atoms with van der Waals surface area (Å²) in [7, 11) is 0. The summed E-state index contributed by atoms with van der Waals surface area (Å²) in [5.74, 6) is 0.892. The van der Waals surface area contributed by atoms with Crippen LogP contribution >= 0.6 is 0 Å². The van der Waals surface area contributed by atoms with E-state index in [0.29, 0.717) is 0 Å². The van der Waals surface area contributed by atoms with Crippen molar-refractivity contribution in [2.24, 2.45) is 0 Å². The second-order valence-corrected chi connectivity index (χ2v) is 9.61. The SMILES string of the molecule is c1ccc(-c2cc(-c3ccccc3)nc(-n3c4ccccc4c4c5c(ccc43)oc3ccccc35)c2)cc1. The van der Waals surface area contributed by atoms with Crippen LogP contribution in [0.2, 0.25) is 0 Å². The van der Waals surface area contributed by atoms with Gasteiger partial charge < -0.3 is 4.42 Å². The Morgan fingerprint density at radius 2 is 1.16 bits per heavy atom. The highest BCUT2D eigenvalue weighted by molar-refractivity contribution is 6.27. The Kier molecular flexibility index (Phi) is 4.52. The average Bonchev–Trinajstić information content (AvgIpc) is 3.53. The molecule has 0 N–H and O–H groups in total. The van der Waals surface area contributed by atoms with E-state index in [2.05, 4.69) is 120 Å². The summed E-state index contributed by atoms with van der Waals surface area (Å²) in [6.45, 7) is 0. The molecular formula is C35H22N2O. The van der Waals surface area contributed by atoms with Crippen molar-refractivity contribution in [3.8, 4) is 28.2 Å². The van der Waals surface area contributed by atoms with Crippen molar-refractivity contribution < 1.29 is 4.42 Å². The Balaban J connectivity index is 1.51. The summed E-state index contributed by atoms with van der Waals surface area (Å²) in [6, 6.07) is 46.4. The van der Waals surface area contributed by atoms with E-state index in [-0.39, 0.29) is 0 Å². The Bertz CT molecular complexity index is 2060. The lowest BCUT2D eigenvalue weighted by atomic mass is 10.0. The average molecular weight is 487 g/mol. The van der Waals surface area contributed by atoms with Gasteiger partial charge in [-0.05, 0) is 47.5 Å². The van der Waals surface area contributed by atoms with E-state index < -0.39 is 0 Å². The van der Waals surface area contributed by atoms with Crippen molar-refractivity contribution in [3.05, 3.63) is 133 Å². The molecule has 0 aliphatic rings. The van der Waals surface area contributed by atoms with E-state index in [1.54, 1.807) is 0 Å². The minimum absolute atomic E-state index is 0.892. The number of benzene rings is 5. The van der Waals surface area contributed by atoms with E-state index in [4.69, 9.17) is 9.40 Å². The molecule has 8 aromatic rings. The third kappa shape index (κ3) is 3.12. The smallest absolute Gasteiger partial charge is 0.138 e. The third-order valence-corrected chi connectivity index (χ3v) is 7.39. The molecule has 3 heteroatoms. The molecule has 0 amide bonds. The quantitative estimate of drug-likeness (QED) is 0.249. The fourth-order valence-electron chi connectivity index (χ4n) is 5.71. The summed E-state index contributed by atoms with van der Waals surface area (Å²) in [6.07, 6.45) is 0. The van der Waals surface area contributed by atoms with Crippen molar-refractivity contribution in [3.63, 3.8) is 0 Å². The van der Waals surface area contributed by atoms with Gasteiger partial charge in [0.15, 0.2) is 0 Å². The monoisotopic (exact) mass is 486 g/mol. The first-order chi connectivity index (χ1) is 18.8. The second-order valence-electron chi connectivity index (χ2n) is 9.61. The van der Waals surface area contributed by atoms with Crippen molar-refractivity contribution in [2.45, 2.75) is 0 Å². The first-order valence-electron chi connectivity index (χ1n) is 12.8. The molecule has 38 heavy (non-hydrogen) atoms. The van der Waals surface area contributed by atoms with E-state index in [1.807, 2.05) is 18.2 Å². The molecule has 0 saturated heterocycles.